The summed E-state index contributed by atoms with van der Waals surface area (Å²) in [6, 6.07) is 27.6. The fourth-order valence-electron chi connectivity index (χ4n) is 7.99. The van der Waals surface area contributed by atoms with Gasteiger partial charge in [0, 0.05) is 65.8 Å². The number of aromatic nitrogens is 6. The Kier molecular flexibility index (Phi) is 23.0. The van der Waals surface area contributed by atoms with Crippen molar-refractivity contribution in [1.82, 2.24) is 40.1 Å². The maximum atomic E-state index is 12.4. The quantitative estimate of drug-likeness (QED) is 0.0258. The predicted molar refractivity (Wildman–Crippen MR) is 317 cm³/mol. The van der Waals surface area contributed by atoms with Crippen molar-refractivity contribution in [1.29, 1.82) is 0 Å². The smallest absolute Gasteiger partial charge is 0.339 e. The van der Waals surface area contributed by atoms with E-state index in [0.717, 1.165) is 54.8 Å². The summed E-state index contributed by atoms with van der Waals surface area (Å²) >= 11 is 6.03. The number of benzene rings is 4. The van der Waals surface area contributed by atoms with E-state index in [1.807, 2.05) is 42.4 Å². The predicted octanol–water partition coefficient (Wildman–Crippen LogP) is 7.75. The number of nitrogens with zero attached hydrogens (tertiary/aromatic N) is 10. The number of rotatable bonds is 24. The zero-order chi connectivity index (χ0) is 60.9. The van der Waals surface area contributed by atoms with E-state index >= 15 is 0 Å². The van der Waals surface area contributed by atoms with Gasteiger partial charge in [-0.25, -0.2) is 33.0 Å². The Balaban J connectivity index is 0.000000205. The topological polar surface area (TPSA) is 400 Å². The lowest BCUT2D eigenvalue weighted by molar-refractivity contribution is -0.140. The Morgan fingerprint density at radius 1 is 0.810 bits per heavy atom. The summed E-state index contributed by atoms with van der Waals surface area (Å²) in [5, 5.41) is 61.0. The number of fused-ring (bicyclic) bond motifs is 2. The molecule has 4 aromatic heterocycles. The molecule has 12 N–H and O–H groups in total. The normalized spacial score (nSPS) is 11.9. The van der Waals surface area contributed by atoms with E-state index in [2.05, 4.69) is 74.2 Å². The van der Waals surface area contributed by atoms with Gasteiger partial charge in [0.1, 0.15) is 23.2 Å². The number of azo groups is 1. The minimum Gasteiger partial charge on any atom is -0.507 e. The Hall–Kier alpha value is -9.70. The van der Waals surface area contributed by atoms with Crippen molar-refractivity contribution in [2.45, 2.75) is 63.1 Å². The van der Waals surface area contributed by atoms with Crippen LogP contribution in [0.4, 0.5) is 40.3 Å². The molecule has 8 aromatic rings. The summed E-state index contributed by atoms with van der Waals surface area (Å²) in [6.07, 6.45) is 6.44. The molecule has 4 heterocycles. The van der Waals surface area contributed by atoms with Gasteiger partial charge < -0.3 is 57.4 Å². The average Bonchev–Trinajstić information content (AvgIpc) is 3.67. The summed E-state index contributed by atoms with van der Waals surface area (Å²) in [5.41, 5.74) is 16.0. The van der Waals surface area contributed by atoms with Gasteiger partial charge in [0.15, 0.2) is 17.0 Å². The number of carboxylic acid groups (broad SMARTS) is 3. The number of aromatic hydroxyl groups is 1. The Morgan fingerprint density at radius 3 is 2.20 bits per heavy atom. The van der Waals surface area contributed by atoms with Crippen molar-refractivity contribution >= 4 is 108 Å². The van der Waals surface area contributed by atoms with Crippen molar-refractivity contribution in [2.75, 3.05) is 59.7 Å². The van der Waals surface area contributed by atoms with Gasteiger partial charge in [-0.3, -0.25) is 19.3 Å². The van der Waals surface area contributed by atoms with Gasteiger partial charge in [0.25, 0.3) is 15.9 Å². The molecule has 84 heavy (non-hydrogen) atoms. The molecular formula is C56H62ClN15O11S. The molecule has 0 aliphatic carbocycles. The second-order valence-electron chi connectivity index (χ2n) is 18.6. The highest BCUT2D eigenvalue weighted by molar-refractivity contribution is 7.92. The van der Waals surface area contributed by atoms with Gasteiger partial charge in [-0.2, -0.15) is 20.2 Å². The van der Waals surface area contributed by atoms with Crippen molar-refractivity contribution in [3.63, 3.8) is 0 Å². The molecule has 440 valence electrons. The van der Waals surface area contributed by atoms with E-state index in [4.69, 9.17) is 38.4 Å². The van der Waals surface area contributed by atoms with Gasteiger partial charge in [-0.1, -0.05) is 24.6 Å². The van der Waals surface area contributed by atoms with Crippen LogP contribution in [0.2, 0.25) is 5.02 Å². The summed E-state index contributed by atoms with van der Waals surface area (Å²) in [7, 11) is -1.98. The maximum absolute atomic E-state index is 12.4. The molecule has 0 aliphatic heterocycles. The van der Waals surface area contributed by atoms with Crippen LogP contribution >= 0.6 is 11.6 Å². The van der Waals surface area contributed by atoms with E-state index in [1.54, 1.807) is 30.5 Å². The summed E-state index contributed by atoms with van der Waals surface area (Å²) in [4.78, 5) is 74.3. The highest BCUT2D eigenvalue weighted by Gasteiger charge is 2.22. The molecule has 0 saturated heterocycles. The van der Waals surface area contributed by atoms with E-state index in [1.165, 1.54) is 66.9 Å². The number of anilines is 5. The number of aliphatic carboxylic acids is 2. The van der Waals surface area contributed by atoms with Crippen LogP contribution in [0.15, 0.2) is 143 Å². The number of hydrogen-bond donors (Lipinski definition) is 10. The first-order chi connectivity index (χ1) is 40.1. The number of aliphatic hydroxyl groups is 1. The Morgan fingerprint density at radius 2 is 1.54 bits per heavy atom. The molecule has 1 amide bonds. The maximum Gasteiger partial charge on any atom is 0.339 e. The van der Waals surface area contributed by atoms with E-state index in [9.17, 15) is 37.8 Å². The monoisotopic (exact) mass is 1190 g/mol. The number of nitrogens with one attached hydrogen (secondary N) is 3. The Bertz CT molecular complexity index is 3700. The molecule has 8 rings (SSSR count). The van der Waals surface area contributed by atoms with Crippen LogP contribution in [0.25, 0.3) is 22.1 Å². The van der Waals surface area contributed by atoms with Crippen LogP contribution in [-0.2, 0) is 26.2 Å². The molecule has 1 unspecified atom stereocenters. The SMILES string of the molecule is CCN(CCO)CCCC(C)Nc1ccnc2cc(Cl)ccc12.CN(Cc1cnc2nc(N)nc(N)c2n1)c1ccc(C(=O)N[C@@H](CCC(=O)O)C(=O)O)cc1.O=C(O)c1cc(N=Nc2ccc(S(=O)(=O)Nc3ccccn3)cc2)ccc1O. The molecule has 0 bridgehead atoms. The minimum atomic E-state index is -3.79. The van der Waals surface area contributed by atoms with Crippen LogP contribution in [0.5, 0.6) is 5.75 Å². The first-order valence-electron chi connectivity index (χ1n) is 25.9. The number of aliphatic hydroxyl groups excluding tert-OH is 1. The standard InChI is InChI=1S/C20H22N8O5.C18H26ClN3O.C18H14N4O5S/c1-28(9-11-8-23-17-15(24-11)16(21)26-20(22)27-17)12-4-2-10(3-5-12)18(31)25-13(19(32)33)6-7-14(29)30;1-3-22(11-12-23)10-4-5-14(2)21-17-8-9-20-18-13-15(19)6-7-16(17)18;23-16-9-6-13(11-15(16)18(24)25)21-20-12-4-7-14(8-5-12)28(26,27)22-17-3-1-2-10-19-17/h2-5,8,13H,6-7,9H2,1H3,(H,25,31)(H,29,30)(H,32,33)(H4,21,22,23,26,27);6-9,13-14,23H,3-5,10-12H2,1-2H3,(H,20,21);1-11,23H,(H,19,22)(H,24,25)/t13-;;/m0../s1. The number of aromatic carboxylic acids is 1. The number of halogens is 1. The molecule has 0 saturated carbocycles. The van der Waals surface area contributed by atoms with Crippen molar-refractivity contribution < 1.29 is 53.1 Å². The van der Waals surface area contributed by atoms with Crippen LogP contribution in [0.3, 0.4) is 0 Å². The van der Waals surface area contributed by atoms with Crippen molar-refractivity contribution in [3.05, 3.63) is 150 Å². The van der Waals surface area contributed by atoms with Crippen LogP contribution in [0.1, 0.15) is 65.9 Å². The average molecular weight is 1190 g/mol. The van der Waals surface area contributed by atoms with Gasteiger partial charge in [-0.15, -0.1) is 0 Å². The van der Waals surface area contributed by atoms with Gasteiger partial charge in [0.2, 0.25) is 5.95 Å². The first-order valence-corrected chi connectivity index (χ1v) is 27.8. The Labute approximate surface area is 487 Å². The van der Waals surface area contributed by atoms with Gasteiger partial charge in [0.05, 0.1) is 46.8 Å². The molecule has 0 fully saturated rings. The number of nitrogens with two attached hydrogens (primary N) is 2. The van der Waals surface area contributed by atoms with Gasteiger partial charge >= 0.3 is 17.9 Å². The molecule has 4 aromatic carbocycles. The number of amides is 1. The lowest BCUT2D eigenvalue weighted by Crippen LogP contribution is -2.41. The van der Waals surface area contributed by atoms with E-state index in [0.29, 0.717) is 40.2 Å². The molecule has 26 nitrogen and oxygen atoms in total. The highest BCUT2D eigenvalue weighted by atomic mass is 35.5. The molecule has 0 aliphatic rings. The third-order valence-electron chi connectivity index (χ3n) is 12.3. The van der Waals surface area contributed by atoms with E-state index in [-0.39, 0.29) is 64.5 Å². The lowest BCUT2D eigenvalue weighted by Gasteiger charge is -2.21. The largest absolute Gasteiger partial charge is 0.507 e. The zero-order valence-corrected chi connectivity index (χ0v) is 47.3. The number of nitrogen functional groups attached to an aromatic ring is 2. The van der Waals surface area contributed by atoms with Crippen molar-refractivity contribution in [2.24, 2.45) is 10.2 Å². The van der Waals surface area contributed by atoms with Crippen LogP contribution < -0.4 is 31.7 Å². The molecule has 28 heteroatoms. The molecule has 2 atom stereocenters. The third kappa shape index (κ3) is 18.9. The molecule has 0 radical (unpaired) electrons. The number of carbonyl (C=O) groups excluding carboxylic acids is 1. The van der Waals surface area contributed by atoms with Crippen LogP contribution in [0, 0.1) is 0 Å². The van der Waals surface area contributed by atoms with Crippen molar-refractivity contribution in [3.8, 4) is 5.75 Å². The summed E-state index contributed by atoms with van der Waals surface area (Å²) in [6.45, 7) is 7.69. The zero-order valence-electron chi connectivity index (χ0n) is 45.7. The first kappa shape index (κ1) is 63.5. The number of carboxylic acids is 3. The molecular weight excluding hydrogens is 1130 g/mol. The number of pyridine rings is 2. The summed E-state index contributed by atoms with van der Waals surface area (Å²) in [5.74, 6) is -4.37. The van der Waals surface area contributed by atoms with E-state index < -0.39 is 39.9 Å². The minimum absolute atomic E-state index is 0.0138. The third-order valence-corrected chi connectivity index (χ3v) is 14.0. The fraction of sp³-hybridized carbons (Fsp3) is 0.250. The number of hydrogen-bond acceptors (Lipinski definition) is 21. The highest BCUT2D eigenvalue weighted by Crippen LogP contribution is 2.28. The lowest BCUT2D eigenvalue weighted by atomic mass is 10.1. The number of carbonyl (C=O) groups is 4. The summed E-state index contributed by atoms with van der Waals surface area (Å²) < 4.78 is 27.0. The second-order valence-corrected chi connectivity index (χ2v) is 20.7. The number of sulfonamides is 1. The fourth-order valence-corrected chi connectivity index (χ4v) is 9.16. The number of likely N-dealkylation sites (N-methyl/N-ethyl adjacent to an activating group) is 1. The van der Waals surface area contributed by atoms with Crippen LogP contribution in [-0.4, -0.2) is 138 Å². The van der Waals surface area contributed by atoms with Gasteiger partial charge in [-0.05, 0) is 142 Å². The number of phenols is 1. The second kappa shape index (κ2) is 30.4. The molecule has 0 spiro atoms.